The van der Waals surface area contributed by atoms with Crippen LogP contribution in [0.2, 0.25) is 0 Å². The number of benzene rings is 1. The molecule has 3 radical (unpaired) electrons. The van der Waals surface area contributed by atoms with Crippen molar-refractivity contribution in [3.8, 4) is 0 Å². The van der Waals surface area contributed by atoms with E-state index in [0.717, 1.165) is 12.1 Å². The summed E-state index contributed by atoms with van der Waals surface area (Å²) in [4.78, 5) is 21.2. The third-order valence-electron chi connectivity index (χ3n) is 1.81. The maximum Gasteiger partial charge on any atom is 0.417 e. The molecule has 0 aromatic heterocycles. The number of hydrogen-bond acceptors (Lipinski definition) is 2. The summed E-state index contributed by atoms with van der Waals surface area (Å²) in [6, 6.07) is 2.18. The summed E-state index contributed by atoms with van der Waals surface area (Å²) < 4.78 is 37.2. The van der Waals surface area contributed by atoms with Crippen molar-refractivity contribution in [2.24, 2.45) is 0 Å². The van der Waals surface area contributed by atoms with E-state index in [4.69, 9.17) is 10.2 Å². The number of carbonyl (C=O) groups is 2. The molecule has 4 nitrogen and oxygen atoms in total. The number of halogens is 3. The third kappa shape index (κ3) is 3.22. The summed E-state index contributed by atoms with van der Waals surface area (Å²) in [6.45, 7) is 0. The van der Waals surface area contributed by atoms with Crippen LogP contribution in [-0.2, 0) is 6.18 Å². The molecule has 2 N–H and O–H groups in total. The molecule has 0 unspecified atom stereocenters. The van der Waals surface area contributed by atoms with Gasteiger partial charge in [-0.1, -0.05) is 6.07 Å². The molecule has 0 aliphatic carbocycles. The normalized spacial score (nSPS) is 10.5. The maximum absolute atomic E-state index is 12.4. The Hall–Kier alpha value is -1.52. The summed E-state index contributed by atoms with van der Waals surface area (Å²) in [5.74, 6) is -3.64. The minimum Gasteiger partial charge on any atom is -0.478 e. The molecular weight excluding hydrogens is 256 g/mol. The van der Waals surface area contributed by atoms with E-state index in [-0.39, 0.29) is 17.4 Å². The Labute approximate surface area is 104 Å². The van der Waals surface area contributed by atoms with Gasteiger partial charge in [0.15, 0.2) is 0 Å². The van der Waals surface area contributed by atoms with Crippen molar-refractivity contribution in [3.05, 3.63) is 34.9 Å². The molecule has 1 aromatic rings. The lowest BCUT2D eigenvalue weighted by atomic mass is 10.0. The first-order chi connectivity index (χ1) is 7.25. The number of carboxylic acid groups (broad SMARTS) is 2. The van der Waals surface area contributed by atoms with Crippen LogP contribution in [0.5, 0.6) is 0 Å². The molecule has 0 aliphatic heterocycles. The monoisotopic (exact) mass is 261 g/mol. The molecule has 0 bridgehead atoms. The van der Waals surface area contributed by atoms with E-state index in [1.54, 1.807) is 0 Å². The fourth-order valence-corrected chi connectivity index (χ4v) is 1.20. The van der Waals surface area contributed by atoms with E-state index in [9.17, 15) is 22.8 Å². The summed E-state index contributed by atoms with van der Waals surface area (Å²) in [5.41, 5.74) is -3.61. The number of rotatable bonds is 2. The first kappa shape index (κ1) is 15.5. The SMILES string of the molecule is O=C(O)c1cccc(C(F)(F)F)c1C(=O)O.[Al]. The van der Waals surface area contributed by atoms with Gasteiger partial charge < -0.3 is 10.2 Å². The lowest BCUT2D eigenvalue weighted by molar-refractivity contribution is -0.138. The Morgan fingerprint density at radius 2 is 1.59 bits per heavy atom. The summed E-state index contributed by atoms with van der Waals surface area (Å²) in [7, 11) is 0. The van der Waals surface area contributed by atoms with E-state index >= 15 is 0 Å². The van der Waals surface area contributed by atoms with E-state index in [1.165, 1.54) is 0 Å². The van der Waals surface area contributed by atoms with Gasteiger partial charge in [-0.25, -0.2) is 9.59 Å². The highest BCUT2D eigenvalue weighted by atomic mass is 27.0. The molecule has 0 saturated heterocycles. The Kier molecular flexibility index (Phi) is 4.74. The highest BCUT2D eigenvalue weighted by Gasteiger charge is 2.37. The molecule has 1 rings (SSSR count). The second kappa shape index (κ2) is 5.21. The van der Waals surface area contributed by atoms with Crippen LogP contribution < -0.4 is 0 Å². The largest absolute Gasteiger partial charge is 0.478 e. The summed E-state index contributed by atoms with van der Waals surface area (Å²) in [5, 5.41) is 17.2. The molecule has 0 amide bonds. The maximum atomic E-state index is 12.4. The highest BCUT2D eigenvalue weighted by molar-refractivity contribution is 6.02. The molecule has 0 heterocycles. The Balaban J connectivity index is 0.00000256. The summed E-state index contributed by atoms with van der Waals surface area (Å²) in [6.07, 6.45) is -4.90. The number of aromatic carboxylic acids is 2. The van der Waals surface area contributed by atoms with Crippen LogP contribution in [0.25, 0.3) is 0 Å². The van der Waals surface area contributed by atoms with E-state index < -0.39 is 34.8 Å². The fourth-order valence-electron chi connectivity index (χ4n) is 1.20. The van der Waals surface area contributed by atoms with Crippen molar-refractivity contribution in [2.45, 2.75) is 6.18 Å². The molecule has 89 valence electrons. The minimum atomic E-state index is -4.90. The predicted octanol–water partition coefficient (Wildman–Crippen LogP) is 1.72. The van der Waals surface area contributed by atoms with Crippen LogP contribution >= 0.6 is 0 Å². The zero-order chi connectivity index (χ0) is 12.5. The van der Waals surface area contributed by atoms with Gasteiger partial charge in [0.2, 0.25) is 0 Å². The predicted molar refractivity (Wildman–Crippen MR) is 51.1 cm³/mol. The molecular formula is C9H5AlF3O4. The molecule has 0 fully saturated rings. The number of alkyl halides is 3. The van der Waals surface area contributed by atoms with Crippen molar-refractivity contribution in [2.75, 3.05) is 0 Å². The van der Waals surface area contributed by atoms with Gasteiger partial charge >= 0.3 is 18.1 Å². The Morgan fingerprint density at radius 3 is 1.94 bits per heavy atom. The van der Waals surface area contributed by atoms with E-state index in [1.807, 2.05) is 0 Å². The summed E-state index contributed by atoms with van der Waals surface area (Å²) >= 11 is 0. The lowest BCUT2D eigenvalue weighted by Gasteiger charge is -2.11. The van der Waals surface area contributed by atoms with Gasteiger partial charge in [-0.2, -0.15) is 13.2 Å². The minimum absolute atomic E-state index is 0. The topological polar surface area (TPSA) is 74.6 Å². The van der Waals surface area contributed by atoms with Crippen LogP contribution in [0.4, 0.5) is 13.2 Å². The van der Waals surface area contributed by atoms with Crippen LogP contribution in [0.15, 0.2) is 18.2 Å². The first-order valence-corrected chi connectivity index (χ1v) is 3.92. The van der Waals surface area contributed by atoms with Crippen molar-refractivity contribution >= 4 is 29.3 Å². The standard InChI is InChI=1S/C9H5F3O4.Al/c10-9(11,12)5-3-1-2-4(7(13)14)6(5)8(15)16;/h1-3H,(H,13,14)(H,15,16);. The van der Waals surface area contributed by atoms with Gasteiger partial charge in [0.1, 0.15) is 0 Å². The Morgan fingerprint density at radius 1 is 1.06 bits per heavy atom. The third-order valence-corrected chi connectivity index (χ3v) is 1.81. The fraction of sp³-hybridized carbons (Fsp3) is 0.111. The smallest absolute Gasteiger partial charge is 0.417 e. The van der Waals surface area contributed by atoms with Crippen molar-refractivity contribution < 1.29 is 33.0 Å². The van der Waals surface area contributed by atoms with Gasteiger partial charge in [0.05, 0.1) is 16.7 Å². The van der Waals surface area contributed by atoms with Crippen LogP contribution in [0.3, 0.4) is 0 Å². The average Bonchev–Trinajstić information content (AvgIpc) is 2.14. The van der Waals surface area contributed by atoms with Crippen molar-refractivity contribution in [1.29, 1.82) is 0 Å². The molecule has 0 saturated carbocycles. The molecule has 8 heteroatoms. The zero-order valence-corrected chi connectivity index (χ0v) is 9.31. The highest BCUT2D eigenvalue weighted by Crippen LogP contribution is 2.33. The number of carboxylic acids is 2. The van der Waals surface area contributed by atoms with Gasteiger partial charge in [-0.05, 0) is 12.1 Å². The Bertz CT molecular complexity index is 456. The van der Waals surface area contributed by atoms with Gasteiger partial charge in [-0.3, -0.25) is 0 Å². The lowest BCUT2D eigenvalue weighted by Crippen LogP contribution is -2.17. The van der Waals surface area contributed by atoms with Gasteiger partial charge in [0, 0.05) is 17.4 Å². The molecule has 1 aromatic carbocycles. The van der Waals surface area contributed by atoms with Gasteiger partial charge in [-0.15, -0.1) is 0 Å². The van der Waals surface area contributed by atoms with E-state index in [2.05, 4.69) is 0 Å². The first-order valence-electron chi connectivity index (χ1n) is 3.92. The van der Waals surface area contributed by atoms with Crippen LogP contribution in [0, 0.1) is 0 Å². The zero-order valence-electron chi connectivity index (χ0n) is 8.15. The van der Waals surface area contributed by atoms with Crippen LogP contribution in [0.1, 0.15) is 26.3 Å². The van der Waals surface area contributed by atoms with E-state index in [0.29, 0.717) is 6.07 Å². The quantitative estimate of drug-likeness (QED) is 0.795. The van der Waals surface area contributed by atoms with Crippen LogP contribution in [-0.4, -0.2) is 39.5 Å². The van der Waals surface area contributed by atoms with Gasteiger partial charge in [0.25, 0.3) is 0 Å². The second-order valence-electron chi connectivity index (χ2n) is 2.84. The second-order valence-corrected chi connectivity index (χ2v) is 2.84. The molecule has 0 atom stereocenters. The van der Waals surface area contributed by atoms with Crippen molar-refractivity contribution in [1.82, 2.24) is 0 Å². The molecule has 0 aliphatic rings. The van der Waals surface area contributed by atoms with Crippen molar-refractivity contribution in [3.63, 3.8) is 0 Å². The number of hydrogen-bond donors (Lipinski definition) is 2. The molecule has 0 spiro atoms. The molecule has 17 heavy (non-hydrogen) atoms. The average molecular weight is 261 g/mol.